The number of anilines is 1. The molecule has 0 bridgehead atoms. The molecule has 3 rings (SSSR count). The third-order valence-corrected chi connectivity index (χ3v) is 5.63. The average molecular weight is 421 g/mol. The molecule has 0 radical (unpaired) electrons. The van der Waals surface area contributed by atoms with Gasteiger partial charge in [0.05, 0.1) is 0 Å². The summed E-state index contributed by atoms with van der Waals surface area (Å²) < 4.78 is 1.19. The number of carbonyl (C=O) groups is 1. The van der Waals surface area contributed by atoms with Crippen LogP contribution in [0.25, 0.3) is 0 Å². The van der Waals surface area contributed by atoms with Gasteiger partial charge in [-0.1, -0.05) is 24.3 Å². The Hall–Kier alpha value is -1.10. The highest BCUT2D eigenvalue weighted by Gasteiger charge is 2.52. The summed E-state index contributed by atoms with van der Waals surface area (Å²) in [6, 6.07) is 8.03. The van der Waals surface area contributed by atoms with Crippen LogP contribution < -0.4 is 5.32 Å². The second kappa shape index (κ2) is 8.13. The van der Waals surface area contributed by atoms with Crippen LogP contribution in [0.1, 0.15) is 38.5 Å². The Labute approximate surface area is 152 Å². The van der Waals surface area contributed by atoms with Gasteiger partial charge >= 0.3 is 0 Å². The molecule has 122 valence electrons. The monoisotopic (exact) mass is 421 g/mol. The minimum absolute atomic E-state index is 0.205. The van der Waals surface area contributed by atoms with Crippen molar-refractivity contribution in [2.45, 2.75) is 38.5 Å². The van der Waals surface area contributed by atoms with Crippen LogP contribution in [0, 0.1) is 21.3 Å². The van der Waals surface area contributed by atoms with Crippen molar-refractivity contribution < 1.29 is 4.79 Å². The molecule has 1 N–H and O–H groups in total. The lowest BCUT2D eigenvalue weighted by Gasteiger charge is -2.05. The van der Waals surface area contributed by atoms with Crippen molar-refractivity contribution in [1.29, 1.82) is 0 Å². The maximum atomic E-state index is 12.6. The Morgan fingerprint density at radius 3 is 1.96 bits per heavy atom. The van der Waals surface area contributed by atoms with Crippen LogP contribution in [-0.2, 0) is 4.79 Å². The first kappa shape index (κ1) is 16.7. The van der Waals surface area contributed by atoms with Crippen LogP contribution in [0.15, 0.2) is 48.6 Å². The summed E-state index contributed by atoms with van der Waals surface area (Å²) in [7, 11) is 0. The highest BCUT2D eigenvalue weighted by molar-refractivity contribution is 14.1. The number of allylic oxidation sites excluding steroid dienone is 4. The summed E-state index contributed by atoms with van der Waals surface area (Å²) in [4.78, 5) is 12.6. The summed E-state index contributed by atoms with van der Waals surface area (Å²) in [5.74, 6) is 1.55. The van der Waals surface area contributed by atoms with Gasteiger partial charge in [-0.05, 0) is 97.2 Å². The van der Waals surface area contributed by atoms with E-state index in [-0.39, 0.29) is 11.8 Å². The molecule has 1 fully saturated rings. The lowest BCUT2D eigenvalue weighted by molar-refractivity contribution is -0.117. The molecule has 0 heterocycles. The van der Waals surface area contributed by atoms with E-state index in [1.807, 2.05) is 24.3 Å². The van der Waals surface area contributed by atoms with E-state index in [4.69, 9.17) is 0 Å². The van der Waals surface area contributed by atoms with Crippen LogP contribution >= 0.6 is 22.6 Å². The Morgan fingerprint density at radius 1 is 0.870 bits per heavy atom. The van der Waals surface area contributed by atoms with Crippen molar-refractivity contribution in [3.8, 4) is 0 Å². The Kier molecular flexibility index (Phi) is 5.92. The van der Waals surface area contributed by atoms with Crippen LogP contribution in [0.4, 0.5) is 5.69 Å². The molecule has 1 saturated carbocycles. The lowest BCUT2D eigenvalue weighted by atomic mass is 10.1. The SMILES string of the molecule is O=C(Nc1ccc(I)cc1)C1[C@H]2CC/C=C\CC/C=C\CC[C@H]12. The van der Waals surface area contributed by atoms with E-state index < -0.39 is 0 Å². The Balaban J connectivity index is 1.60. The summed E-state index contributed by atoms with van der Waals surface area (Å²) >= 11 is 2.28. The topological polar surface area (TPSA) is 29.1 Å². The van der Waals surface area contributed by atoms with Gasteiger partial charge in [0.2, 0.25) is 5.91 Å². The zero-order valence-corrected chi connectivity index (χ0v) is 15.5. The first-order valence-corrected chi connectivity index (χ1v) is 9.70. The molecule has 2 atom stereocenters. The molecule has 1 amide bonds. The van der Waals surface area contributed by atoms with Gasteiger partial charge in [-0.15, -0.1) is 0 Å². The van der Waals surface area contributed by atoms with Crippen LogP contribution in [-0.4, -0.2) is 5.91 Å². The van der Waals surface area contributed by atoms with E-state index in [1.165, 1.54) is 3.57 Å². The molecule has 1 aromatic carbocycles. The maximum absolute atomic E-state index is 12.6. The molecule has 1 aromatic rings. The van der Waals surface area contributed by atoms with Gasteiger partial charge in [-0.2, -0.15) is 0 Å². The second-order valence-corrected chi connectivity index (χ2v) is 7.77. The zero-order valence-electron chi connectivity index (χ0n) is 13.4. The van der Waals surface area contributed by atoms with Crippen LogP contribution in [0.3, 0.4) is 0 Å². The molecule has 0 unspecified atom stereocenters. The molecule has 0 aromatic heterocycles. The fraction of sp³-hybridized carbons (Fsp3) is 0.450. The highest BCUT2D eigenvalue weighted by atomic mass is 127. The highest BCUT2D eigenvalue weighted by Crippen LogP contribution is 2.52. The van der Waals surface area contributed by atoms with E-state index in [2.05, 4.69) is 52.2 Å². The van der Waals surface area contributed by atoms with Crippen molar-refractivity contribution in [3.05, 3.63) is 52.1 Å². The summed E-state index contributed by atoms with van der Waals surface area (Å²) in [5, 5.41) is 3.11. The van der Waals surface area contributed by atoms with Crippen molar-refractivity contribution in [1.82, 2.24) is 0 Å². The van der Waals surface area contributed by atoms with Crippen molar-refractivity contribution in [2.24, 2.45) is 17.8 Å². The Bertz CT molecular complexity index is 566. The van der Waals surface area contributed by atoms with E-state index >= 15 is 0 Å². The van der Waals surface area contributed by atoms with Crippen LogP contribution in [0.5, 0.6) is 0 Å². The number of nitrogens with one attached hydrogen (secondary N) is 1. The minimum atomic E-state index is 0.205. The lowest BCUT2D eigenvalue weighted by Crippen LogP contribution is -2.15. The predicted molar refractivity (Wildman–Crippen MR) is 104 cm³/mol. The van der Waals surface area contributed by atoms with Gasteiger partial charge in [0.15, 0.2) is 0 Å². The standard InChI is InChI=1S/C20H24INO/c21-15-11-13-16(14-12-15)22-20(23)19-17-9-7-5-3-1-2-4-6-8-10-18(17)19/h3-6,11-14,17-19H,1-2,7-10H2,(H,22,23)/b5-3-,6-4-/t17-,18-/m0/s1. The smallest absolute Gasteiger partial charge is 0.228 e. The number of amides is 1. The normalized spacial score (nSPS) is 30.2. The summed E-state index contributed by atoms with van der Waals surface area (Å²) in [5.41, 5.74) is 0.914. The number of rotatable bonds is 2. The van der Waals surface area contributed by atoms with E-state index in [1.54, 1.807) is 0 Å². The molecule has 0 spiro atoms. The fourth-order valence-corrected chi connectivity index (χ4v) is 3.98. The third kappa shape index (κ3) is 4.69. The molecular formula is C20H24INO. The van der Waals surface area contributed by atoms with E-state index in [0.717, 1.165) is 44.2 Å². The predicted octanol–water partition coefficient (Wildman–Crippen LogP) is 5.56. The maximum Gasteiger partial charge on any atom is 0.228 e. The second-order valence-electron chi connectivity index (χ2n) is 6.52. The number of benzene rings is 1. The summed E-state index contributed by atoms with van der Waals surface area (Å²) in [6.07, 6.45) is 15.9. The van der Waals surface area contributed by atoms with E-state index in [9.17, 15) is 4.79 Å². The van der Waals surface area contributed by atoms with Crippen molar-refractivity contribution >= 4 is 34.2 Å². The van der Waals surface area contributed by atoms with Gasteiger partial charge in [0, 0.05) is 15.2 Å². The average Bonchev–Trinajstić information content (AvgIpc) is 3.22. The number of carbonyl (C=O) groups excluding carboxylic acids is 1. The van der Waals surface area contributed by atoms with Crippen molar-refractivity contribution in [3.63, 3.8) is 0 Å². The van der Waals surface area contributed by atoms with Gasteiger partial charge in [0.25, 0.3) is 0 Å². The van der Waals surface area contributed by atoms with Crippen molar-refractivity contribution in [2.75, 3.05) is 5.32 Å². The van der Waals surface area contributed by atoms with E-state index in [0.29, 0.717) is 11.8 Å². The molecule has 2 aliphatic carbocycles. The van der Waals surface area contributed by atoms with Gasteiger partial charge in [0.1, 0.15) is 0 Å². The van der Waals surface area contributed by atoms with Gasteiger partial charge in [-0.25, -0.2) is 0 Å². The third-order valence-electron chi connectivity index (χ3n) is 4.91. The first-order valence-electron chi connectivity index (χ1n) is 8.62. The number of hydrogen-bond donors (Lipinski definition) is 1. The molecule has 0 saturated heterocycles. The quantitative estimate of drug-likeness (QED) is 0.492. The zero-order chi connectivity index (χ0) is 16.1. The molecular weight excluding hydrogens is 397 g/mol. The summed E-state index contributed by atoms with van der Waals surface area (Å²) in [6.45, 7) is 0. The molecule has 0 aliphatic heterocycles. The minimum Gasteiger partial charge on any atom is -0.326 e. The Morgan fingerprint density at radius 2 is 1.39 bits per heavy atom. The van der Waals surface area contributed by atoms with Crippen LogP contribution in [0.2, 0.25) is 0 Å². The molecule has 2 nitrogen and oxygen atoms in total. The largest absolute Gasteiger partial charge is 0.326 e. The van der Waals surface area contributed by atoms with Gasteiger partial charge < -0.3 is 5.32 Å². The number of halogens is 1. The van der Waals surface area contributed by atoms with Gasteiger partial charge in [-0.3, -0.25) is 4.79 Å². The molecule has 23 heavy (non-hydrogen) atoms. The molecule has 2 aliphatic rings. The number of hydrogen-bond acceptors (Lipinski definition) is 1. The first-order chi connectivity index (χ1) is 11.3. The number of fused-ring (bicyclic) bond motifs is 1. The fourth-order valence-electron chi connectivity index (χ4n) is 3.62. The molecule has 3 heteroatoms.